The minimum Gasteiger partial charge on any atom is -0.396 e. The standard InChI is InChI=1S/C13H19F2NOS/c1-9(16-11(5-6-17)8-18-2)12-7-10(14)3-4-13(12)15/h3-4,7,9,11,16-17H,5-6,8H2,1-2H3. The lowest BCUT2D eigenvalue weighted by Gasteiger charge is -2.23. The zero-order valence-electron chi connectivity index (χ0n) is 10.6. The van der Waals surface area contributed by atoms with Gasteiger partial charge in [-0.25, -0.2) is 8.78 Å². The molecule has 0 aromatic heterocycles. The maximum Gasteiger partial charge on any atom is 0.128 e. The maximum absolute atomic E-state index is 13.6. The summed E-state index contributed by atoms with van der Waals surface area (Å²) in [5, 5.41) is 12.2. The van der Waals surface area contributed by atoms with Gasteiger partial charge in [0, 0.05) is 30.0 Å². The van der Waals surface area contributed by atoms with Crippen LogP contribution in [0.4, 0.5) is 8.78 Å². The number of halogens is 2. The normalized spacial score (nSPS) is 14.5. The third kappa shape index (κ3) is 4.55. The summed E-state index contributed by atoms with van der Waals surface area (Å²) in [6.45, 7) is 1.87. The van der Waals surface area contributed by atoms with E-state index >= 15 is 0 Å². The van der Waals surface area contributed by atoms with Crippen molar-refractivity contribution >= 4 is 11.8 Å². The SMILES string of the molecule is CSCC(CCO)NC(C)c1cc(F)ccc1F. The number of benzene rings is 1. The van der Waals surface area contributed by atoms with Crippen molar-refractivity contribution in [3.05, 3.63) is 35.4 Å². The molecule has 1 aromatic carbocycles. The molecular formula is C13H19F2NOS. The predicted octanol–water partition coefficient (Wildman–Crippen LogP) is 2.73. The number of aliphatic hydroxyl groups excluding tert-OH is 1. The number of hydrogen-bond acceptors (Lipinski definition) is 3. The van der Waals surface area contributed by atoms with Gasteiger partial charge in [0.15, 0.2) is 0 Å². The Balaban J connectivity index is 2.73. The van der Waals surface area contributed by atoms with Crippen molar-refractivity contribution in [2.75, 3.05) is 18.6 Å². The van der Waals surface area contributed by atoms with Crippen LogP contribution >= 0.6 is 11.8 Å². The largest absolute Gasteiger partial charge is 0.396 e. The van der Waals surface area contributed by atoms with E-state index in [0.717, 1.165) is 17.9 Å². The molecule has 2 N–H and O–H groups in total. The number of aliphatic hydroxyl groups is 1. The number of hydrogen-bond donors (Lipinski definition) is 2. The highest BCUT2D eigenvalue weighted by molar-refractivity contribution is 7.98. The van der Waals surface area contributed by atoms with E-state index in [-0.39, 0.29) is 18.7 Å². The minimum absolute atomic E-state index is 0.0799. The van der Waals surface area contributed by atoms with Crippen molar-refractivity contribution in [2.24, 2.45) is 0 Å². The Labute approximate surface area is 111 Å². The van der Waals surface area contributed by atoms with E-state index in [2.05, 4.69) is 5.32 Å². The smallest absolute Gasteiger partial charge is 0.128 e. The van der Waals surface area contributed by atoms with Crippen LogP contribution in [0.15, 0.2) is 18.2 Å². The lowest BCUT2D eigenvalue weighted by molar-refractivity contribution is 0.265. The average molecular weight is 275 g/mol. The lowest BCUT2D eigenvalue weighted by Crippen LogP contribution is -2.34. The van der Waals surface area contributed by atoms with Crippen molar-refractivity contribution in [3.8, 4) is 0 Å². The first-order valence-electron chi connectivity index (χ1n) is 5.89. The van der Waals surface area contributed by atoms with Crippen molar-refractivity contribution in [2.45, 2.75) is 25.4 Å². The highest BCUT2D eigenvalue weighted by Gasteiger charge is 2.16. The summed E-state index contributed by atoms with van der Waals surface area (Å²) < 4.78 is 26.7. The van der Waals surface area contributed by atoms with E-state index in [1.807, 2.05) is 6.26 Å². The first-order chi connectivity index (χ1) is 8.58. The van der Waals surface area contributed by atoms with Gasteiger partial charge in [-0.3, -0.25) is 0 Å². The fourth-order valence-electron chi connectivity index (χ4n) is 1.86. The van der Waals surface area contributed by atoms with Crippen LogP contribution in [-0.4, -0.2) is 29.8 Å². The molecule has 0 amide bonds. The monoisotopic (exact) mass is 275 g/mol. The Morgan fingerprint density at radius 3 is 2.72 bits per heavy atom. The molecule has 1 aromatic rings. The van der Waals surface area contributed by atoms with Gasteiger partial charge < -0.3 is 10.4 Å². The molecule has 2 atom stereocenters. The number of nitrogens with one attached hydrogen (secondary N) is 1. The molecule has 18 heavy (non-hydrogen) atoms. The molecule has 0 saturated heterocycles. The van der Waals surface area contributed by atoms with Crippen LogP contribution in [-0.2, 0) is 0 Å². The number of rotatable bonds is 7. The van der Waals surface area contributed by atoms with Crippen molar-refractivity contribution < 1.29 is 13.9 Å². The van der Waals surface area contributed by atoms with Gasteiger partial charge in [0.05, 0.1) is 0 Å². The zero-order chi connectivity index (χ0) is 13.5. The predicted molar refractivity (Wildman–Crippen MR) is 71.8 cm³/mol. The fourth-order valence-corrected chi connectivity index (χ4v) is 2.53. The molecule has 0 aliphatic rings. The summed E-state index contributed by atoms with van der Waals surface area (Å²) in [5.41, 5.74) is 0.319. The Kier molecular flexibility index (Phi) is 6.60. The summed E-state index contributed by atoms with van der Waals surface area (Å²) in [6, 6.07) is 3.26. The molecule has 0 spiro atoms. The van der Waals surface area contributed by atoms with Crippen LogP contribution in [0, 0.1) is 11.6 Å². The van der Waals surface area contributed by atoms with E-state index in [9.17, 15) is 8.78 Å². The van der Waals surface area contributed by atoms with Gasteiger partial charge in [0.2, 0.25) is 0 Å². The molecule has 2 nitrogen and oxygen atoms in total. The Bertz CT molecular complexity index is 370. The fraction of sp³-hybridized carbons (Fsp3) is 0.538. The van der Waals surface area contributed by atoms with E-state index in [1.165, 1.54) is 6.07 Å². The Hall–Kier alpha value is -0.650. The van der Waals surface area contributed by atoms with Crippen LogP contribution < -0.4 is 5.32 Å². The van der Waals surface area contributed by atoms with Gasteiger partial charge in [-0.15, -0.1) is 0 Å². The summed E-state index contributed by atoms with van der Waals surface area (Å²) in [7, 11) is 0. The second kappa shape index (κ2) is 7.71. The molecule has 102 valence electrons. The highest BCUT2D eigenvalue weighted by Crippen LogP contribution is 2.19. The molecular weight excluding hydrogens is 256 g/mol. The molecule has 0 bridgehead atoms. The van der Waals surface area contributed by atoms with Gasteiger partial charge in [-0.1, -0.05) is 0 Å². The number of thioether (sulfide) groups is 1. The summed E-state index contributed by atoms with van der Waals surface area (Å²) in [5.74, 6) is -0.0334. The third-order valence-electron chi connectivity index (χ3n) is 2.76. The molecule has 2 unspecified atom stereocenters. The highest BCUT2D eigenvalue weighted by atomic mass is 32.2. The second-order valence-corrected chi connectivity index (χ2v) is 5.13. The summed E-state index contributed by atoms with van der Waals surface area (Å²) >= 11 is 1.65. The zero-order valence-corrected chi connectivity index (χ0v) is 11.4. The van der Waals surface area contributed by atoms with Crippen molar-refractivity contribution in [1.29, 1.82) is 0 Å². The molecule has 5 heteroatoms. The molecule has 0 aliphatic heterocycles. The first-order valence-corrected chi connectivity index (χ1v) is 7.28. The molecule has 0 heterocycles. The summed E-state index contributed by atoms with van der Waals surface area (Å²) in [6.07, 6.45) is 2.57. The molecule has 0 aliphatic carbocycles. The molecule has 0 saturated carbocycles. The van der Waals surface area contributed by atoms with Crippen LogP contribution in [0.1, 0.15) is 24.9 Å². The maximum atomic E-state index is 13.6. The van der Waals surface area contributed by atoms with E-state index < -0.39 is 11.6 Å². The van der Waals surface area contributed by atoms with Gasteiger partial charge in [-0.2, -0.15) is 11.8 Å². The van der Waals surface area contributed by atoms with E-state index in [1.54, 1.807) is 18.7 Å². The van der Waals surface area contributed by atoms with Crippen LogP contribution in [0.25, 0.3) is 0 Å². The quantitative estimate of drug-likeness (QED) is 0.802. The van der Waals surface area contributed by atoms with E-state index in [4.69, 9.17) is 5.11 Å². The summed E-state index contributed by atoms with van der Waals surface area (Å²) in [4.78, 5) is 0. The Morgan fingerprint density at radius 2 is 2.11 bits per heavy atom. The second-order valence-electron chi connectivity index (χ2n) is 4.22. The van der Waals surface area contributed by atoms with Gasteiger partial charge in [0.1, 0.15) is 11.6 Å². The Morgan fingerprint density at radius 1 is 1.39 bits per heavy atom. The molecule has 1 rings (SSSR count). The topological polar surface area (TPSA) is 32.3 Å². The average Bonchev–Trinajstić information content (AvgIpc) is 2.33. The van der Waals surface area contributed by atoms with Crippen molar-refractivity contribution in [1.82, 2.24) is 5.32 Å². The van der Waals surface area contributed by atoms with Crippen LogP contribution in [0.5, 0.6) is 0 Å². The van der Waals surface area contributed by atoms with E-state index in [0.29, 0.717) is 12.0 Å². The minimum atomic E-state index is -0.441. The van der Waals surface area contributed by atoms with Crippen LogP contribution in [0.3, 0.4) is 0 Å². The van der Waals surface area contributed by atoms with Gasteiger partial charge >= 0.3 is 0 Å². The first kappa shape index (κ1) is 15.4. The molecule has 0 fully saturated rings. The van der Waals surface area contributed by atoms with Crippen molar-refractivity contribution in [3.63, 3.8) is 0 Å². The third-order valence-corrected chi connectivity index (χ3v) is 3.49. The lowest BCUT2D eigenvalue weighted by atomic mass is 10.1. The van der Waals surface area contributed by atoms with Crippen LogP contribution in [0.2, 0.25) is 0 Å². The van der Waals surface area contributed by atoms with Gasteiger partial charge in [0.25, 0.3) is 0 Å². The van der Waals surface area contributed by atoms with Gasteiger partial charge in [-0.05, 0) is 37.8 Å². The molecule has 0 radical (unpaired) electrons.